The molecule has 3 amide bonds. The van der Waals surface area contributed by atoms with Crippen molar-refractivity contribution in [2.24, 2.45) is 5.92 Å². The van der Waals surface area contributed by atoms with Gasteiger partial charge in [-0.25, -0.2) is 9.59 Å². The fourth-order valence-electron chi connectivity index (χ4n) is 4.40. The number of nitrogens with zero attached hydrogens (tertiary/aromatic N) is 2. The van der Waals surface area contributed by atoms with Crippen molar-refractivity contribution < 1.29 is 28.8 Å². The molecule has 0 aromatic heterocycles. The third kappa shape index (κ3) is 3.47. The smallest absolute Gasteiger partial charge is 0.410 e. The van der Waals surface area contributed by atoms with Gasteiger partial charge in [-0.3, -0.25) is 9.59 Å². The zero-order chi connectivity index (χ0) is 20.9. The number of rotatable bonds is 2. The van der Waals surface area contributed by atoms with Crippen molar-refractivity contribution in [1.82, 2.24) is 9.96 Å². The van der Waals surface area contributed by atoms with Gasteiger partial charge in [0.05, 0.1) is 17.0 Å². The van der Waals surface area contributed by atoms with Crippen molar-refractivity contribution >= 4 is 23.9 Å². The Balaban J connectivity index is 1.42. The molecular weight excluding hydrogens is 376 g/mol. The van der Waals surface area contributed by atoms with Crippen molar-refractivity contribution in [2.75, 3.05) is 0 Å². The Bertz CT molecular complexity index is 840. The highest BCUT2D eigenvalue weighted by Crippen LogP contribution is 2.40. The number of piperidine rings is 1. The van der Waals surface area contributed by atoms with Gasteiger partial charge in [-0.05, 0) is 58.6 Å². The molecular formula is C21H24N2O6. The third-order valence-electron chi connectivity index (χ3n) is 5.61. The van der Waals surface area contributed by atoms with Crippen LogP contribution >= 0.6 is 0 Å². The van der Waals surface area contributed by atoms with Gasteiger partial charge in [0, 0.05) is 12.1 Å². The zero-order valence-corrected chi connectivity index (χ0v) is 16.7. The molecule has 2 bridgehead atoms. The molecule has 3 heterocycles. The second-order valence-corrected chi connectivity index (χ2v) is 8.80. The molecule has 2 fully saturated rings. The monoisotopic (exact) mass is 400 g/mol. The van der Waals surface area contributed by atoms with Gasteiger partial charge in [0.1, 0.15) is 5.60 Å². The molecule has 0 aliphatic carbocycles. The summed E-state index contributed by atoms with van der Waals surface area (Å²) in [6.07, 6.45) is 2.08. The first-order chi connectivity index (χ1) is 13.7. The van der Waals surface area contributed by atoms with E-state index in [9.17, 15) is 19.2 Å². The summed E-state index contributed by atoms with van der Waals surface area (Å²) in [5, 5.41) is 0.551. The van der Waals surface area contributed by atoms with Crippen LogP contribution in [-0.2, 0) is 14.4 Å². The lowest BCUT2D eigenvalue weighted by Gasteiger charge is -2.38. The largest absolute Gasteiger partial charge is 0.444 e. The van der Waals surface area contributed by atoms with Crippen LogP contribution in [0.1, 0.15) is 67.2 Å². The van der Waals surface area contributed by atoms with Crippen LogP contribution in [0.5, 0.6) is 0 Å². The molecule has 3 aliphatic heterocycles. The maximum absolute atomic E-state index is 12.7. The Hall–Kier alpha value is -2.90. The van der Waals surface area contributed by atoms with E-state index in [1.54, 1.807) is 17.0 Å². The Morgan fingerprint density at radius 2 is 1.48 bits per heavy atom. The van der Waals surface area contributed by atoms with Gasteiger partial charge in [0.25, 0.3) is 11.8 Å². The third-order valence-corrected chi connectivity index (χ3v) is 5.61. The summed E-state index contributed by atoms with van der Waals surface area (Å²) >= 11 is 0. The van der Waals surface area contributed by atoms with Gasteiger partial charge < -0.3 is 14.5 Å². The average molecular weight is 400 g/mol. The summed E-state index contributed by atoms with van der Waals surface area (Å²) < 4.78 is 5.50. The summed E-state index contributed by atoms with van der Waals surface area (Å²) in [7, 11) is 0. The Kier molecular flexibility index (Phi) is 4.59. The number of benzene rings is 1. The summed E-state index contributed by atoms with van der Waals surface area (Å²) in [4.78, 5) is 57.0. The molecule has 2 saturated heterocycles. The van der Waals surface area contributed by atoms with E-state index >= 15 is 0 Å². The van der Waals surface area contributed by atoms with E-state index in [4.69, 9.17) is 9.57 Å². The molecule has 154 valence electrons. The normalized spacial score (nSPS) is 25.8. The predicted molar refractivity (Wildman–Crippen MR) is 101 cm³/mol. The van der Waals surface area contributed by atoms with Crippen molar-refractivity contribution in [1.29, 1.82) is 0 Å². The topological polar surface area (TPSA) is 93.2 Å². The van der Waals surface area contributed by atoms with Gasteiger partial charge in [0.2, 0.25) is 0 Å². The maximum Gasteiger partial charge on any atom is 0.410 e. The number of carbonyl (C=O) groups is 4. The Morgan fingerprint density at radius 1 is 0.966 bits per heavy atom. The van der Waals surface area contributed by atoms with Crippen LogP contribution in [0, 0.1) is 5.92 Å². The van der Waals surface area contributed by atoms with Crippen LogP contribution in [0.3, 0.4) is 0 Å². The van der Waals surface area contributed by atoms with Crippen molar-refractivity contribution in [3.8, 4) is 0 Å². The minimum Gasteiger partial charge on any atom is -0.444 e. The summed E-state index contributed by atoms with van der Waals surface area (Å²) in [6, 6.07) is 6.15. The van der Waals surface area contributed by atoms with Crippen LogP contribution in [0.2, 0.25) is 0 Å². The van der Waals surface area contributed by atoms with Crippen molar-refractivity contribution in [3.63, 3.8) is 0 Å². The van der Waals surface area contributed by atoms with E-state index in [1.807, 2.05) is 20.8 Å². The minimum absolute atomic E-state index is 0.108. The molecule has 0 saturated carbocycles. The molecule has 1 aromatic carbocycles. The van der Waals surface area contributed by atoms with E-state index in [2.05, 4.69) is 0 Å². The molecule has 0 spiro atoms. The SMILES string of the molecule is CC(C)(C)OC(=O)N1[C@@H]2CC[C@H]1CC(C(=O)ON1C(=O)c3ccccc3C1=O)C2. The Morgan fingerprint density at radius 3 is 1.97 bits per heavy atom. The molecule has 0 radical (unpaired) electrons. The van der Waals surface area contributed by atoms with Gasteiger partial charge in [-0.1, -0.05) is 17.2 Å². The lowest BCUT2D eigenvalue weighted by Crippen LogP contribution is -2.50. The van der Waals surface area contributed by atoms with Gasteiger partial charge in [-0.15, -0.1) is 0 Å². The lowest BCUT2D eigenvalue weighted by atomic mass is 9.91. The van der Waals surface area contributed by atoms with Crippen LogP contribution in [0.4, 0.5) is 4.79 Å². The molecule has 4 rings (SSSR count). The number of amides is 3. The molecule has 3 aliphatic rings. The second kappa shape index (κ2) is 6.86. The number of fused-ring (bicyclic) bond motifs is 3. The highest BCUT2D eigenvalue weighted by molar-refractivity contribution is 6.20. The lowest BCUT2D eigenvalue weighted by molar-refractivity contribution is -0.176. The number of imide groups is 1. The average Bonchev–Trinajstić information content (AvgIpc) is 3.06. The fraction of sp³-hybridized carbons (Fsp3) is 0.524. The van der Waals surface area contributed by atoms with E-state index in [1.165, 1.54) is 12.1 Å². The van der Waals surface area contributed by atoms with Crippen LogP contribution in [0.25, 0.3) is 0 Å². The van der Waals surface area contributed by atoms with E-state index in [0.29, 0.717) is 17.9 Å². The second-order valence-electron chi connectivity index (χ2n) is 8.80. The number of hydrogen-bond donors (Lipinski definition) is 0. The first-order valence-corrected chi connectivity index (χ1v) is 9.86. The molecule has 3 atom stereocenters. The first kappa shape index (κ1) is 19.4. The number of carbonyl (C=O) groups excluding carboxylic acids is 4. The maximum atomic E-state index is 12.7. The predicted octanol–water partition coefficient (Wildman–Crippen LogP) is 2.92. The number of hydroxylamine groups is 2. The summed E-state index contributed by atoms with van der Waals surface area (Å²) in [5.74, 6) is -2.35. The van der Waals surface area contributed by atoms with Gasteiger partial charge >= 0.3 is 12.1 Å². The van der Waals surface area contributed by atoms with Crippen LogP contribution < -0.4 is 0 Å². The van der Waals surface area contributed by atoms with E-state index < -0.39 is 29.3 Å². The van der Waals surface area contributed by atoms with Crippen LogP contribution in [-0.4, -0.2) is 51.5 Å². The standard InChI is InChI=1S/C21H24N2O6/c1-21(2,3)28-20(27)22-13-8-9-14(22)11-12(10-13)19(26)29-23-17(24)15-6-4-5-7-16(15)18(23)25/h4-7,12-14H,8-11H2,1-3H3/t12?,13-,14+. The number of hydrogen-bond acceptors (Lipinski definition) is 6. The highest BCUT2D eigenvalue weighted by atomic mass is 16.7. The fourth-order valence-corrected chi connectivity index (χ4v) is 4.40. The van der Waals surface area contributed by atoms with E-state index in [0.717, 1.165) is 12.8 Å². The first-order valence-electron chi connectivity index (χ1n) is 9.86. The zero-order valence-electron chi connectivity index (χ0n) is 16.7. The molecule has 29 heavy (non-hydrogen) atoms. The molecule has 8 heteroatoms. The van der Waals surface area contributed by atoms with Crippen molar-refractivity contribution in [2.45, 2.75) is 64.1 Å². The Labute approximate surface area is 168 Å². The molecule has 1 unspecified atom stereocenters. The molecule has 8 nitrogen and oxygen atoms in total. The quantitative estimate of drug-likeness (QED) is 0.709. The van der Waals surface area contributed by atoms with Gasteiger partial charge in [0.15, 0.2) is 0 Å². The minimum atomic E-state index is -0.631. The molecule has 1 aromatic rings. The summed E-state index contributed by atoms with van der Waals surface area (Å²) in [5.41, 5.74) is -0.132. The van der Waals surface area contributed by atoms with Crippen molar-refractivity contribution in [3.05, 3.63) is 35.4 Å². The number of ether oxygens (including phenoxy) is 1. The van der Waals surface area contributed by atoms with E-state index in [-0.39, 0.29) is 29.3 Å². The van der Waals surface area contributed by atoms with Gasteiger partial charge in [-0.2, -0.15) is 0 Å². The molecule has 0 N–H and O–H groups in total. The summed E-state index contributed by atoms with van der Waals surface area (Å²) in [6.45, 7) is 5.46. The van der Waals surface area contributed by atoms with Crippen LogP contribution in [0.15, 0.2) is 24.3 Å². The highest BCUT2D eigenvalue weighted by Gasteiger charge is 2.48.